The molecule has 0 unspecified atom stereocenters. The minimum absolute atomic E-state index is 0.165. The molecule has 3 aromatic rings. The summed E-state index contributed by atoms with van der Waals surface area (Å²) in [5.74, 6) is -0.000651. The number of rotatable bonds is 9. The van der Waals surface area contributed by atoms with E-state index in [9.17, 15) is 14.9 Å². The molecule has 0 bridgehead atoms. The van der Waals surface area contributed by atoms with Crippen LogP contribution in [0.5, 0.6) is 0 Å². The van der Waals surface area contributed by atoms with Crippen molar-refractivity contribution >= 4 is 34.7 Å². The Morgan fingerprint density at radius 3 is 2.70 bits per heavy atom. The average Bonchev–Trinajstić information content (AvgIpc) is 3.16. The van der Waals surface area contributed by atoms with Crippen LogP contribution in [0.15, 0.2) is 54.7 Å². The molecule has 0 atom stereocenters. The zero-order valence-electron chi connectivity index (χ0n) is 16.2. The first kappa shape index (κ1) is 21.3. The molecule has 0 aliphatic carbocycles. The number of hydrogen-bond donors (Lipinski definition) is 2. The molecular formula is C20H20ClN5O4. The van der Waals surface area contributed by atoms with Gasteiger partial charge in [0.15, 0.2) is 0 Å². The lowest BCUT2D eigenvalue weighted by Gasteiger charge is -2.11. The van der Waals surface area contributed by atoms with Gasteiger partial charge in [-0.3, -0.25) is 14.9 Å². The Balaban J connectivity index is 1.75. The molecule has 0 saturated heterocycles. The number of ether oxygens (including phenoxy) is 1. The Morgan fingerprint density at radius 2 is 2.00 bits per heavy atom. The number of aromatic nitrogens is 2. The summed E-state index contributed by atoms with van der Waals surface area (Å²) in [4.78, 5) is 23.6. The normalized spacial score (nSPS) is 10.6. The van der Waals surface area contributed by atoms with Crippen molar-refractivity contribution in [1.82, 2.24) is 9.78 Å². The van der Waals surface area contributed by atoms with Gasteiger partial charge in [-0.15, -0.1) is 0 Å². The van der Waals surface area contributed by atoms with E-state index in [1.807, 2.05) is 12.1 Å². The van der Waals surface area contributed by atoms with E-state index in [0.717, 1.165) is 5.56 Å². The van der Waals surface area contributed by atoms with Crippen molar-refractivity contribution < 1.29 is 14.5 Å². The van der Waals surface area contributed by atoms with Crippen molar-refractivity contribution in [3.8, 4) is 0 Å². The molecule has 0 spiro atoms. The van der Waals surface area contributed by atoms with Crippen LogP contribution in [0.4, 0.5) is 17.2 Å². The number of carbonyl (C=O) groups excluding carboxylic acids is 1. The van der Waals surface area contributed by atoms with Crippen molar-refractivity contribution in [3.63, 3.8) is 0 Å². The minimum atomic E-state index is -0.531. The van der Waals surface area contributed by atoms with E-state index < -0.39 is 10.8 Å². The van der Waals surface area contributed by atoms with Gasteiger partial charge in [-0.05, 0) is 29.8 Å². The largest absolute Gasteiger partial charge is 0.383 e. The third kappa shape index (κ3) is 5.34. The third-order valence-corrected chi connectivity index (χ3v) is 4.53. The van der Waals surface area contributed by atoms with Crippen LogP contribution in [0.3, 0.4) is 0 Å². The van der Waals surface area contributed by atoms with E-state index in [4.69, 9.17) is 16.3 Å². The van der Waals surface area contributed by atoms with Crippen molar-refractivity contribution in [2.75, 3.05) is 30.9 Å². The van der Waals surface area contributed by atoms with Gasteiger partial charge in [-0.1, -0.05) is 23.7 Å². The average molecular weight is 430 g/mol. The lowest BCUT2D eigenvalue weighted by Crippen LogP contribution is -2.17. The number of nitro groups is 1. The van der Waals surface area contributed by atoms with Gasteiger partial charge in [0.25, 0.3) is 11.6 Å². The standard InChI is InChI=1S/C20H20ClN5O4/c1-30-11-10-22-17-7-4-15(12-18(17)26(28)29)20(27)24-19-8-9-23-25(19)13-14-2-5-16(21)6-3-14/h2-9,12,22H,10-11,13H2,1H3,(H,24,27). The molecule has 0 aliphatic rings. The van der Waals surface area contributed by atoms with Crippen LogP contribution in [-0.2, 0) is 11.3 Å². The lowest BCUT2D eigenvalue weighted by molar-refractivity contribution is -0.384. The van der Waals surface area contributed by atoms with Gasteiger partial charge in [0, 0.05) is 36.4 Å². The van der Waals surface area contributed by atoms with Gasteiger partial charge in [0.05, 0.1) is 24.3 Å². The molecule has 0 fully saturated rings. The molecule has 30 heavy (non-hydrogen) atoms. The molecule has 2 N–H and O–H groups in total. The summed E-state index contributed by atoms with van der Waals surface area (Å²) in [6, 6.07) is 13.2. The maximum atomic E-state index is 12.7. The molecule has 0 saturated carbocycles. The Morgan fingerprint density at radius 1 is 1.23 bits per heavy atom. The molecular weight excluding hydrogens is 410 g/mol. The van der Waals surface area contributed by atoms with Gasteiger partial charge < -0.3 is 15.4 Å². The van der Waals surface area contributed by atoms with Crippen LogP contribution in [0.2, 0.25) is 5.02 Å². The number of benzene rings is 2. The molecule has 10 heteroatoms. The van der Waals surface area contributed by atoms with Gasteiger partial charge in [-0.2, -0.15) is 5.10 Å². The van der Waals surface area contributed by atoms with Crippen LogP contribution < -0.4 is 10.6 Å². The summed E-state index contributed by atoms with van der Waals surface area (Å²) in [6.07, 6.45) is 1.57. The summed E-state index contributed by atoms with van der Waals surface area (Å²) in [6.45, 7) is 1.24. The maximum absolute atomic E-state index is 12.7. The Hall–Kier alpha value is -3.43. The minimum Gasteiger partial charge on any atom is -0.383 e. The SMILES string of the molecule is COCCNc1ccc(C(=O)Nc2ccnn2Cc2ccc(Cl)cc2)cc1[N+](=O)[O-]. The highest BCUT2D eigenvalue weighted by atomic mass is 35.5. The summed E-state index contributed by atoms with van der Waals surface area (Å²) in [5.41, 5.74) is 1.26. The molecule has 1 heterocycles. The van der Waals surface area contributed by atoms with Crippen LogP contribution in [0.25, 0.3) is 0 Å². The van der Waals surface area contributed by atoms with Crippen LogP contribution in [0, 0.1) is 10.1 Å². The third-order valence-electron chi connectivity index (χ3n) is 4.28. The maximum Gasteiger partial charge on any atom is 0.293 e. The topological polar surface area (TPSA) is 111 Å². The molecule has 0 radical (unpaired) electrons. The molecule has 156 valence electrons. The predicted molar refractivity (Wildman–Crippen MR) is 114 cm³/mol. The van der Waals surface area contributed by atoms with E-state index >= 15 is 0 Å². The van der Waals surface area contributed by atoms with E-state index in [1.54, 1.807) is 36.2 Å². The quantitative estimate of drug-likeness (QED) is 0.304. The van der Waals surface area contributed by atoms with Crippen molar-refractivity contribution in [2.24, 2.45) is 0 Å². The first-order chi connectivity index (χ1) is 14.5. The highest BCUT2D eigenvalue weighted by molar-refractivity contribution is 6.30. The smallest absolute Gasteiger partial charge is 0.293 e. The van der Waals surface area contributed by atoms with Crippen LogP contribution in [0.1, 0.15) is 15.9 Å². The number of carbonyl (C=O) groups is 1. The fourth-order valence-corrected chi connectivity index (χ4v) is 2.90. The van der Waals surface area contributed by atoms with Gasteiger partial charge in [-0.25, -0.2) is 4.68 Å². The zero-order chi connectivity index (χ0) is 21.5. The predicted octanol–water partition coefficient (Wildman–Crippen LogP) is 3.80. The van der Waals surface area contributed by atoms with Gasteiger partial charge in [0.2, 0.25) is 0 Å². The monoisotopic (exact) mass is 429 g/mol. The van der Waals surface area contributed by atoms with E-state index in [0.29, 0.717) is 36.2 Å². The van der Waals surface area contributed by atoms with E-state index in [2.05, 4.69) is 15.7 Å². The molecule has 3 rings (SSSR count). The Kier molecular flexibility index (Phi) is 6.99. The van der Waals surface area contributed by atoms with Crippen molar-refractivity contribution in [3.05, 3.63) is 81.0 Å². The van der Waals surface area contributed by atoms with Crippen LogP contribution >= 0.6 is 11.6 Å². The summed E-state index contributed by atoms with van der Waals surface area (Å²) >= 11 is 5.90. The van der Waals surface area contributed by atoms with Crippen molar-refractivity contribution in [1.29, 1.82) is 0 Å². The second kappa shape index (κ2) is 9.86. The molecule has 1 amide bonds. The summed E-state index contributed by atoms with van der Waals surface area (Å²) < 4.78 is 6.55. The number of nitrogens with one attached hydrogen (secondary N) is 2. The molecule has 9 nitrogen and oxygen atoms in total. The molecule has 1 aromatic heterocycles. The van der Waals surface area contributed by atoms with Gasteiger partial charge in [0.1, 0.15) is 11.5 Å². The van der Waals surface area contributed by atoms with Gasteiger partial charge >= 0.3 is 0 Å². The van der Waals surface area contributed by atoms with E-state index in [1.165, 1.54) is 18.2 Å². The Bertz CT molecular complexity index is 1040. The number of hydrogen-bond acceptors (Lipinski definition) is 6. The fourth-order valence-electron chi connectivity index (χ4n) is 2.78. The molecule has 2 aromatic carbocycles. The summed E-state index contributed by atoms with van der Waals surface area (Å²) in [7, 11) is 1.54. The Labute approximate surface area is 177 Å². The first-order valence-corrected chi connectivity index (χ1v) is 9.44. The zero-order valence-corrected chi connectivity index (χ0v) is 16.9. The van der Waals surface area contributed by atoms with Crippen molar-refractivity contribution in [2.45, 2.75) is 6.54 Å². The number of nitrogens with zero attached hydrogens (tertiary/aromatic N) is 3. The number of anilines is 2. The number of amides is 1. The van der Waals surface area contributed by atoms with E-state index in [-0.39, 0.29) is 11.3 Å². The molecule has 0 aliphatic heterocycles. The number of methoxy groups -OCH3 is 1. The second-order valence-electron chi connectivity index (χ2n) is 6.36. The number of nitro benzene ring substituents is 1. The fraction of sp³-hybridized carbons (Fsp3) is 0.200. The number of halogens is 1. The summed E-state index contributed by atoms with van der Waals surface area (Å²) in [5, 5.41) is 21.9. The highest BCUT2D eigenvalue weighted by Crippen LogP contribution is 2.26. The lowest BCUT2D eigenvalue weighted by atomic mass is 10.1. The second-order valence-corrected chi connectivity index (χ2v) is 6.80. The highest BCUT2D eigenvalue weighted by Gasteiger charge is 2.18. The van der Waals surface area contributed by atoms with Crippen LogP contribution in [-0.4, -0.2) is 40.9 Å². The first-order valence-electron chi connectivity index (χ1n) is 9.07.